The van der Waals surface area contributed by atoms with Crippen molar-refractivity contribution in [2.45, 2.75) is 18.9 Å². The Hall–Kier alpha value is -3.68. The summed E-state index contributed by atoms with van der Waals surface area (Å²) in [5.41, 5.74) is 3.64. The summed E-state index contributed by atoms with van der Waals surface area (Å²) < 4.78 is 10.8. The number of hydrogen-bond acceptors (Lipinski definition) is 5. The van der Waals surface area contributed by atoms with Crippen LogP contribution in [0.1, 0.15) is 23.2 Å². The highest BCUT2D eigenvalue weighted by molar-refractivity contribution is 6.07. The molecule has 4 rings (SSSR count). The molecule has 1 aliphatic rings. The van der Waals surface area contributed by atoms with Gasteiger partial charge in [-0.15, -0.1) is 0 Å². The van der Waals surface area contributed by atoms with Crippen LogP contribution in [0.3, 0.4) is 0 Å². The minimum atomic E-state index is -0.260. The van der Waals surface area contributed by atoms with Gasteiger partial charge in [-0.3, -0.25) is 14.5 Å². The third-order valence-electron chi connectivity index (χ3n) is 6.17. The number of nitrogens with one attached hydrogen (secondary N) is 2. The number of hydrogen-bond donors (Lipinski definition) is 2. The van der Waals surface area contributed by atoms with Crippen molar-refractivity contribution in [3.8, 4) is 16.9 Å². The van der Waals surface area contributed by atoms with Crippen molar-refractivity contribution >= 4 is 23.2 Å². The largest absolute Gasteiger partial charge is 0.497 e. The van der Waals surface area contributed by atoms with Crippen LogP contribution in [0.5, 0.6) is 5.75 Å². The van der Waals surface area contributed by atoms with E-state index >= 15 is 0 Å². The molecule has 7 heteroatoms. The number of carbonyl (C=O) groups is 2. The van der Waals surface area contributed by atoms with Crippen LogP contribution in [0, 0.1) is 0 Å². The van der Waals surface area contributed by atoms with E-state index in [9.17, 15) is 9.59 Å². The second-order valence-electron chi connectivity index (χ2n) is 8.59. The van der Waals surface area contributed by atoms with E-state index in [1.807, 2.05) is 42.5 Å². The van der Waals surface area contributed by atoms with E-state index in [-0.39, 0.29) is 24.5 Å². The van der Waals surface area contributed by atoms with E-state index in [2.05, 4.69) is 15.5 Å². The maximum atomic E-state index is 13.0. The van der Waals surface area contributed by atoms with Gasteiger partial charge in [-0.05, 0) is 54.8 Å². The molecule has 1 unspecified atom stereocenters. The second kappa shape index (κ2) is 11.6. The number of amides is 2. The molecule has 3 aromatic rings. The first kappa shape index (κ1) is 24.4. The number of benzene rings is 3. The maximum Gasteiger partial charge on any atom is 0.255 e. The van der Waals surface area contributed by atoms with Crippen molar-refractivity contribution in [3.05, 3.63) is 78.4 Å². The van der Waals surface area contributed by atoms with Crippen molar-refractivity contribution < 1.29 is 19.1 Å². The summed E-state index contributed by atoms with van der Waals surface area (Å²) in [6, 6.07) is 22.6. The minimum Gasteiger partial charge on any atom is -0.497 e. The Labute approximate surface area is 206 Å². The summed E-state index contributed by atoms with van der Waals surface area (Å²) in [5, 5.41) is 5.86. The quantitative estimate of drug-likeness (QED) is 0.497. The average molecular weight is 474 g/mol. The molecule has 0 radical (unpaired) electrons. The van der Waals surface area contributed by atoms with Gasteiger partial charge in [-0.1, -0.05) is 42.5 Å². The molecule has 2 amide bonds. The lowest BCUT2D eigenvalue weighted by Gasteiger charge is -2.31. The molecule has 0 aliphatic carbocycles. The fourth-order valence-corrected chi connectivity index (χ4v) is 4.24. The number of nitrogens with zero attached hydrogens (tertiary/aromatic N) is 1. The second-order valence-corrected chi connectivity index (χ2v) is 8.59. The zero-order valence-electron chi connectivity index (χ0n) is 20.1. The first-order valence-corrected chi connectivity index (χ1v) is 11.8. The highest BCUT2D eigenvalue weighted by atomic mass is 16.5. The Kier molecular flexibility index (Phi) is 8.13. The van der Waals surface area contributed by atoms with Gasteiger partial charge >= 0.3 is 0 Å². The molecule has 0 saturated carbocycles. The van der Waals surface area contributed by atoms with Gasteiger partial charge in [0.1, 0.15) is 5.75 Å². The number of likely N-dealkylation sites (tertiary alicyclic amines) is 1. The Morgan fingerprint density at radius 1 is 0.914 bits per heavy atom. The SMILES string of the molecule is COc1ccc(NC(=O)c2ccc(-c3ccccc3)cc2)c(NC(=O)CN2CCCC(OC)C2)c1. The van der Waals surface area contributed by atoms with Crippen molar-refractivity contribution in [1.29, 1.82) is 0 Å². The van der Waals surface area contributed by atoms with Crippen molar-refractivity contribution in [1.82, 2.24) is 4.90 Å². The number of ether oxygens (including phenoxy) is 2. The molecule has 1 heterocycles. The fourth-order valence-electron chi connectivity index (χ4n) is 4.24. The minimum absolute atomic E-state index is 0.150. The summed E-state index contributed by atoms with van der Waals surface area (Å²) >= 11 is 0. The van der Waals surface area contributed by atoms with E-state index in [1.54, 1.807) is 44.6 Å². The lowest BCUT2D eigenvalue weighted by Crippen LogP contribution is -2.43. The van der Waals surface area contributed by atoms with Gasteiger partial charge in [0, 0.05) is 25.3 Å². The molecule has 0 bridgehead atoms. The fraction of sp³-hybridized carbons (Fsp3) is 0.286. The first-order chi connectivity index (χ1) is 17.1. The Balaban J connectivity index is 1.44. The van der Waals surface area contributed by atoms with E-state index in [0.29, 0.717) is 22.7 Å². The molecule has 2 N–H and O–H groups in total. The molecule has 0 spiro atoms. The lowest BCUT2D eigenvalue weighted by atomic mass is 10.0. The number of methoxy groups -OCH3 is 2. The standard InChI is InChI=1S/C28H31N3O4/c1-34-23-14-15-25(26(17-23)29-27(32)19-31-16-6-9-24(18-31)35-2)30-28(33)22-12-10-21(11-13-22)20-7-4-3-5-8-20/h3-5,7-8,10-15,17,24H,6,9,16,18-19H2,1-2H3,(H,29,32)(H,30,33). The molecular formula is C28H31N3O4. The predicted molar refractivity (Wildman–Crippen MR) is 138 cm³/mol. The molecule has 1 saturated heterocycles. The van der Waals surface area contributed by atoms with Crippen LogP contribution in [0.2, 0.25) is 0 Å². The highest BCUT2D eigenvalue weighted by Gasteiger charge is 2.22. The third-order valence-corrected chi connectivity index (χ3v) is 6.17. The summed E-state index contributed by atoms with van der Waals surface area (Å²) in [6.45, 7) is 1.84. The van der Waals surface area contributed by atoms with Crippen molar-refractivity contribution in [2.75, 3.05) is 44.5 Å². The summed E-state index contributed by atoms with van der Waals surface area (Å²) in [7, 11) is 3.26. The molecule has 0 aromatic heterocycles. The van der Waals surface area contributed by atoms with Crippen LogP contribution in [-0.2, 0) is 9.53 Å². The zero-order chi connectivity index (χ0) is 24.6. The number of piperidine rings is 1. The predicted octanol–water partition coefficient (Wildman–Crippen LogP) is 4.66. The van der Waals surface area contributed by atoms with Gasteiger partial charge < -0.3 is 20.1 Å². The van der Waals surface area contributed by atoms with Gasteiger partial charge in [0.25, 0.3) is 5.91 Å². The van der Waals surface area contributed by atoms with Crippen LogP contribution in [0.25, 0.3) is 11.1 Å². The monoisotopic (exact) mass is 473 g/mol. The summed E-state index contributed by atoms with van der Waals surface area (Å²) in [4.78, 5) is 27.9. The van der Waals surface area contributed by atoms with Crippen LogP contribution < -0.4 is 15.4 Å². The number of rotatable bonds is 8. The Morgan fingerprint density at radius 3 is 2.37 bits per heavy atom. The molecule has 3 aromatic carbocycles. The molecular weight excluding hydrogens is 442 g/mol. The van der Waals surface area contributed by atoms with Gasteiger partial charge in [-0.25, -0.2) is 0 Å². The van der Waals surface area contributed by atoms with E-state index in [4.69, 9.17) is 9.47 Å². The van der Waals surface area contributed by atoms with Crippen molar-refractivity contribution in [2.24, 2.45) is 0 Å². The topological polar surface area (TPSA) is 79.9 Å². The molecule has 7 nitrogen and oxygen atoms in total. The molecule has 1 fully saturated rings. The van der Waals surface area contributed by atoms with E-state index in [0.717, 1.165) is 37.1 Å². The van der Waals surface area contributed by atoms with Crippen LogP contribution >= 0.6 is 0 Å². The lowest BCUT2D eigenvalue weighted by molar-refractivity contribution is -0.118. The highest BCUT2D eigenvalue weighted by Crippen LogP contribution is 2.28. The van der Waals surface area contributed by atoms with Gasteiger partial charge in [-0.2, -0.15) is 0 Å². The molecule has 182 valence electrons. The van der Waals surface area contributed by atoms with E-state index < -0.39 is 0 Å². The average Bonchev–Trinajstić information content (AvgIpc) is 2.90. The van der Waals surface area contributed by atoms with Gasteiger partial charge in [0.2, 0.25) is 5.91 Å². The Bertz CT molecular complexity index is 1150. The first-order valence-electron chi connectivity index (χ1n) is 11.8. The number of carbonyl (C=O) groups excluding carboxylic acids is 2. The summed E-state index contributed by atoms with van der Waals surface area (Å²) in [5.74, 6) is 0.171. The zero-order valence-corrected chi connectivity index (χ0v) is 20.1. The molecule has 1 atom stereocenters. The van der Waals surface area contributed by atoms with Crippen LogP contribution in [0.4, 0.5) is 11.4 Å². The van der Waals surface area contributed by atoms with Gasteiger partial charge in [0.15, 0.2) is 0 Å². The smallest absolute Gasteiger partial charge is 0.255 e. The molecule has 1 aliphatic heterocycles. The normalized spacial score (nSPS) is 15.9. The van der Waals surface area contributed by atoms with Crippen LogP contribution in [-0.4, -0.2) is 56.7 Å². The molecule has 35 heavy (non-hydrogen) atoms. The maximum absolute atomic E-state index is 13.0. The summed E-state index contributed by atoms with van der Waals surface area (Å²) in [6.07, 6.45) is 2.15. The van der Waals surface area contributed by atoms with Crippen molar-refractivity contribution in [3.63, 3.8) is 0 Å². The van der Waals surface area contributed by atoms with Gasteiger partial charge in [0.05, 0.1) is 31.1 Å². The number of anilines is 2. The van der Waals surface area contributed by atoms with Crippen LogP contribution in [0.15, 0.2) is 72.8 Å². The van der Waals surface area contributed by atoms with E-state index in [1.165, 1.54) is 0 Å². The Morgan fingerprint density at radius 2 is 1.66 bits per heavy atom. The third kappa shape index (κ3) is 6.47.